The Morgan fingerprint density at radius 2 is 1.65 bits per heavy atom. The Kier molecular flexibility index (Phi) is 4.61. The van der Waals surface area contributed by atoms with Crippen LogP contribution in [0.2, 0.25) is 0 Å². The summed E-state index contributed by atoms with van der Waals surface area (Å²) in [5.74, 6) is -0.0592. The number of nitrogens with zero attached hydrogens (tertiary/aromatic N) is 2. The molecular formula is C22H26N2O2. The number of hydrogen-bond donors (Lipinski definition) is 1. The molecule has 0 aromatic heterocycles. The summed E-state index contributed by atoms with van der Waals surface area (Å²) in [7, 11) is 0. The minimum Gasteiger partial charge on any atom is -0.506 e. The number of aryl methyl sites for hydroxylation is 1. The zero-order valence-corrected chi connectivity index (χ0v) is 16.4. The van der Waals surface area contributed by atoms with E-state index in [1.54, 1.807) is 0 Å². The summed E-state index contributed by atoms with van der Waals surface area (Å²) in [5.41, 5.74) is 7.22. The molecule has 1 heterocycles. The number of ketones is 1. The number of rotatable bonds is 4. The Morgan fingerprint density at radius 3 is 2.12 bits per heavy atom. The van der Waals surface area contributed by atoms with Crippen molar-refractivity contribution in [3.63, 3.8) is 0 Å². The highest BCUT2D eigenvalue weighted by atomic mass is 16.3. The van der Waals surface area contributed by atoms with Gasteiger partial charge in [-0.25, -0.2) is 0 Å². The van der Waals surface area contributed by atoms with Crippen molar-refractivity contribution >= 4 is 22.8 Å². The lowest BCUT2D eigenvalue weighted by Gasteiger charge is -2.26. The normalized spacial score (nSPS) is 19.9. The number of aliphatic hydroxyl groups excluding tert-OH is 1. The van der Waals surface area contributed by atoms with E-state index in [2.05, 4.69) is 29.8 Å². The van der Waals surface area contributed by atoms with E-state index in [0.29, 0.717) is 16.8 Å². The molecule has 1 aromatic rings. The predicted molar refractivity (Wildman–Crippen MR) is 108 cm³/mol. The summed E-state index contributed by atoms with van der Waals surface area (Å²) in [6.07, 6.45) is 0. The molecular weight excluding hydrogens is 324 g/mol. The summed E-state index contributed by atoms with van der Waals surface area (Å²) in [6.45, 7) is 13.9. The third kappa shape index (κ3) is 2.61. The number of carbonyl (C=O) groups is 1. The van der Waals surface area contributed by atoms with Crippen molar-refractivity contribution in [1.29, 1.82) is 0 Å². The van der Waals surface area contributed by atoms with Crippen LogP contribution in [0.3, 0.4) is 0 Å². The molecule has 0 saturated carbocycles. The Bertz CT molecular complexity index is 925. The second kappa shape index (κ2) is 6.60. The SMILES string of the molecule is CCN(CC)c1ccc(C2=C(O)C(=C3N=C(C)C(C)=C3C)C2=O)c(C)c1. The first-order chi connectivity index (χ1) is 12.3. The molecule has 3 rings (SSSR count). The van der Waals surface area contributed by atoms with Crippen molar-refractivity contribution in [3.8, 4) is 0 Å². The highest BCUT2D eigenvalue weighted by Gasteiger charge is 2.39. The third-order valence-corrected chi connectivity index (χ3v) is 5.51. The number of Topliss-reactive ketones (excluding diaryl/α,β-unsaturated/α-hetero) is 1. The second-order valence-corrected chi connectivity index (χ2v) is 6.90. The molecule has 1 N–H and O–H groups in total. The Morgan fingerprint density at radius 1 is 1.00 bits per heavy atom. The van der Waals surface area contributed by atoms with Crippen LogP contribution in [0.1, 0.15) is 45.7 Å². The smallest absolute Gasteiger partial charge is 0.203 e. The second-order valence-electron chi connectivity index (χ2n) is 6.90. The molecule has 0 bridgehead atoms. The molecule has 0 unspecified atom stereocenters. The summed E-state index contributed by atoms with van der Waals surface area (Å²) in [4.78, 5) is 19.6. The van der Waals surface area contributed by atoms with E-state index in [0.717, 1.165) is 46.8 Å². The van der Waals surface area contributed by atoms with Gasteiger partial charge in [0.25, 0.3) is 0 Å². The van der Waals surface area contributed by atoms with Crippen LogP contribution in [0.15, 0.2) is 51.4 Å². The molecule has 0 amide bonds. The Hall–Kier alpha value is -2.62. The van der Waals surface area contributed by atoms with Crippen molar-refractivity contribution in [2.45, 2.75) is 41.5 Å². The quantitative estimate of drug-likeness (QED) is 0.797. The van der Waals surface area contributed by atoms with Crippen LogP contribution in [0.4, 0.5) is 5.69 Å². The number of allylic oxidation sites excluding steroid dienone is 4. The fourth-order valence-electron chi connectivity index (χ4n) is 3.61. The number of carbonyl (C=O) groups excluding carboxylic acids is 1. The highest BCUT2D eigenvalue weighted by molar-refractivity contribution is 6.39. The van der Waals surface area contributed by atoms with Gasteiger partial charge in [-0.2, -0.15) is 0 Å². The number of aliphatic hydroxyl groups is 1. The molecule has 0 spiro atoms. The molecule has 1 aromatic carbocycles. The molecule has 1 aliphatic heterocycles. The molecule has 2 aliphatic rings. The first-order valence-corrected chi connectivity index (χ1v) is 9.13. The summed E-state index contributed by atoms with van der Waals surface area (Å²) in [6, 6.07) is 6.03. The van der Waals surface area contributed by atoms with Gasteiger partial charge in [0.1, 0.15) is 5.76 Å². The van der Waals surface area contributed by atoms with Crippen molar-refractivity contribution in [2.24, 2.45) is 4.99 Å². The average molecular weight is 350 g/mol. The minimum absolute atomic E-state index is 0.0642. The average Bonchev–Trinajstić information content (AvgIpc) is 2.85. The maximum atomic E-state index is 12.8. The first kappa shape index (κ1) is 18.2. The molecule has 0 radical (unpaired) electrons. The van der Waals surface area contributed by atoms with Gasteiger partial charge in [0.05, 0.1) is 16.8 Å². The molecule has 0 atom stereocenters. The van der Waals surface area contributed by atoms with Crippen molar-refractivity contribution in [2.75, 3.05) is 18.0 Å². The number of aliphatic imine (C=N–C) groups is 1. The van der Waals surface area contributed by atoms with Crippen LogP contribution in [0.25, 0.3) is 5.57 Å². The fourth-order valence-corrected chi connectivity index (χ4v) is 3.61. The van der Waals surface area contributed by atoms with E-state index < -0.39 is 0 Å². The number of hydrogen-bond acceptors (Lipinski definition) is 4. The third-order valence-electron chi connectivity index (χ3n) is 5.51. The Labute approximate surface area is 155 Å². The highest BCUT2D eigenvalue weighted by Crippen LogP contribution is 2.42. The van der Waals surface area contributed by atoms with Crippen LogP contribution >= 0.6 is 0 Å². The lowest BCUT2D eigenvalue weighted by Crippen LogP contribution is -2.24. The van der Waals surface area contributed by atoms with Crippen molar-refractivity contribution in [3.05, 3.63) is 57.5 Å². The van der Waals surface area contributed by atoms with Gasteiger partial charge in [0.2, 0.25) is 5.78 Å². The lowest BCUT2D eigenvalue weighted by atomic mass is 9.80. The van der Waals surface area contributed by atoms with Gasteiger partial charge in [0, 0.05) is 24.5 Å². The first-order valence-electron chi connectivity index (χ1n) is 9.13. The fraction of sp³-hybridized carbons (Fsp3) is 0.364. The van der Waals surface area contributed by atoms with E-state index in [-0.39, 0.29) is 11.5 Å². The summed E-state index contributed by atoms with van der Waals surface area (Å²) in [5, 5.41) is 10.6. The van der Waals surface area contributed by atoms with Gasteiger partial charge in [-0.05, 0) is 75.9 Å². The largest absolute Gasteiger partial charge is 0.506 e. The van der Waals surface area contributed by atoms with E-state index in [4.69, 9.17) is 0 Å². The van der Waals surface area contributed by atoms with Crippen molar-refractivity contribution < 1.29 is 9.90 Å². The van der Waals surface area contributed by atoms with E-state index in [1.807, 2.05) is 39.8 Å². The summed E-state index contributed by atoms with van der Waals surface area (Å²) >= 11 is 0. The molecule has 1 aliphatic carbocycles. The molecule has 4 nitrogen and oxygen atoms in total. The molecule has 4 heteroatoms. The van der Waals surface area contributed by atoms with Crippen LogP contribution < -0.4 is 4.90 Å². The van der Waals surface area contributed by atoms with E-state index in [1.165, 1.54) is 0 Å². The standard InChI is InChI=1S/C22H26N2O2/c1-7-24(8-2)16-9-10-17(12(3)11-16)18-21(25)19(22(18)26)20-14(5)13(4)15(6)23-20/h9-11,25H,7-8H2,1-6H3. The van der Waals surface area contributed by atoms with Crippen LogP contribution in [0, 0.1) is 6.92 Å². The zero-order chi connectivity index (χ0) is 19.2. The molecule has 0 saturated heterocycles. The van der Waals surface area contributed by atoms with Gasteiger partial charge < -0.3 is 10.0 Å². The van der Waals surface area contributed by atoms with Gasteiger partial charge >= 0.3 is 0 Å². The van der Waals surface area contributed by atoms with Crippen molar-refractivity contribution in [1.82, 2.24) is 0 Å². The van der Waals surface area contributed by atoms with Crippen LogP contribution in [-0.2, 0) is 4.79 Å². The Balaban J connectivity index is 2.05. The zero-order valence-electron chi connectivity index (χ0n) is 16.4. The molecule has 136 valence electrons. The van der Waals surface area contributed by atoms with Crippen LogP contribution in [0.5, 0.6) is 0 Å². The molecule has 0 fully saturated rings. The van der Waals surface area contributed by atoms with E-state index in [9.17, 15) is 9.90 Å². The number of anilines is 1. The van der Waals surface area contributed by atoms with Crippen LogP contribution in [-0.4, -0.2) is 29.7 Å². The van der Waals surface area contributed by atoms with Gasteiger partial charge in [-0.1, -0.05) is 6.07 Å². The maximum Gasteiger partial charge on any atom is 0.203 e. The summed E-state index contributed by atoms with van der Waals surface area (Å²) < 4.78 is 0. The van der Waals surface area contributed by atoms with E-state index >= 15 is 0 Å². The monoisotopic (exact) mass is 350 g/mol. The minimum atomic E-state index is -0.123. The maximum absolute atomic E-state index is 12.8. The number of benzene rings is 1. The van der Waals surface area contributed by atoms with Gasteiger partial charge in [-0.15, -0.1) is 0 Å². The predicted octanol–water partition coefficient (Wildman–Crippen LogP) is 4.76. The van der Waals surface area contributed by atoms with Gasteiger partial charge in [-0.3, -0.25) is 9.79 Å². The molecule has 26 heavy (non-hydrogen) atoms. The topological polar surface area (TPSA) is 52.9 Å². The lowest BCUT2D eigenvalue weighted by molar-refractivity contribution is -0.111. The van der Waals surface area contributed by atoms with Gasteiger partial charge in [0.15, 0.2) is 0 Å².